The summed E-state index contributed by atoms with van der Waals surface area (Å²) in [5.41, 5.74) is 5.90. The van der Waals surface area contributed by atoms with Gasteiger partial charge in [-0.25, -0.2) is 0 Å². The minimum Gasteiger partial charge on any atom is -0.353 e. The predicted octanol–water partition coefficient (Wildman–Crippen LogP) is 1.02. The lowest BCUT2D eigenvalue weighted by molar-refractivity contribution is -0.133. The van der Waals surface area contributed by atoms with Crippen LogP contribution in [0.15, 0.2) is 0 Å². The van der Waals surface area contributed by atoms with Crippen molar-refractivity contribution in [3.63, 3.8) is 0 Å². The maximum absolute atomic E-state index is 12.3. The number of carbonyl (C=O) groups excluding carboxylic acids is 2. The lowest BCUT2D eigenvalue weighted by atomic mass is 9.84. The first-order chi connectivity index (χ1) is 9.54. The van der Waals surface area contributed by atoms with Crippen LogP contribution in [-0.2, 0) is 9.59 Å². The van der Waals surface area contributed by atoms with Crippen LogP contribution in [0.1, 0.15) is 51.9 Å². The van der Waals surface area contributed by atoms with Gasteiger partial charge < -0.3 is 16.0 Å². The maximum atomic E-state index is 12.3. The highest BCUT2D eigenvalue weighted by Gasteiger charge is 2.26. The lowest BCUT2D eigenvalue weighted by Gasteiger charge is -2.34. The molecule has 1 aliphatic heterocycles. The van der Waals surface area contributed by atoms with Crippen molar-refractivity contribution < 1.29 is 9.59 Å². The van der Waals surface area contributed by atoms with Gasteiger partial charge in [-0.05, 0) is 44.4 Å². The van der Waals surface area contributed by atoms with E-state index in [0.29, 0.717) is 18.4 Å². The molecule has 2 aliphatic rings. The van der Waals surface area contributed by atoms with Crippen LogP contribution >= 0.6 is 0 Å². The zero-order valence-electron chi connectivity index (χ0n) is 12.4. The van der Waals surface area contributed by atoms with Crippen LogP contribution in [0.5, 0.6) is 0 Å². The summed E-state index contributed by atoms with van der Waals surface area (Å²) >= 11 is 0. The van der Waals surface area contributed by atoms with Crippen molar-refractivity contribution in [2.24, 2.45) is 11.7 Å². The van der Waals surface area contributed by atoms with Gasteiger partial charge in [0, 0.05) is 38.5 Å². The normalized spacial score (nSPS) is 28.2. The summed E-state index contributed by atoms with van der Waals surface area (Å²) in [6.07, 6.45) is 6.73. The lowest BCUT2D eigenvalue weighted by Crippen LogP contribution is -2.46. The highest BCUT2D eigenvalue weighted by Crippen LogP contribution is 2.27. The van der Waals surface area contributed by atoms with E-state index in [1.807, 2.05) is 4.90 Å². The summed E-state index contributed by atoms with van der Waals surface area (Å²) in [6, 6.07) is 0.582. The van der Waals surface area contributed by atoms with Crippen LogP contribution in [0.25, 0.3) is 0 Å². The van der Waals surface area contributed by atoms with Crippen LogP contribution in [-0.4, -0.2) is 41.9 Å². The van der Waals surface area contributed by atoms with E-state index < -0.39 is 0 Å². The number of nitrogens with zero attached hydrogens (tertiary/aromatic N) is 1. The summed E-state index contributed by atoms with van der Waals surface area (Å²) in [5.74, 6) is 0.829. The molecule has 2 fully saturated rings. The van der Waals surface area contributed by atoms with Crippen LogP contribution in [0.4, 0.5) is 0 Å². The molecule has 2 amide bonds. The Balaban J connectivity index is 1.70. The van der Waals surface area contributed by atoms with Gasteiger partial charge >= 0.3 is 0 Å². The first kappa shape index (κ1) is 15.3. The molecular formula is C15H27N3O2. The summed E-state index contributed by atoms with van der Waals surface area (Å²) in [5, 5.41) is 2.94. The molecule has 1 heterocycles. The fraction of sp³-hybridized carbons (Fsp3) is 0.867. The molecular weight excluding hydrogens is 254 g/mol. The number of hydrogen-bond acceptors (Lipinski definition) is 3. The summed E-state index contributed by atoms with van der Waals surface area (Å²) in [7, 11) is 0. The number of hydrogen-bond donors (Lipinski definition) is 2. The number of likely N-dealkylation sites (tertiary alicyclic amines) is 1. The number of nitrogens with two attached hydrogens (primary N) is 1. The van der Waals surface area contributed by atoms with Gasteiger partial charge in [0.05, 0.1) is 0 Å². The number of rotatable bonds is 3. The minimum atomic E-state index is 0.0216. The number of carbonyl (C=O) groups is 2. The van der Waals surface area contributed by atoms with Gasteiger partial charge in [-0.2, -0.15) is 0 Å². The molecule has 3 N–H and O–H groups in total. The number of amides is 2. The molecule has 0 spiro atoms. The third-order valence-electron chi connectivity index (χ3n) is 4.61. The largest absolute Gasteiger partial charge is 0.353 e. The van der Waals surface area contributed by atoms with E-state index in [-0.39, 0.29) is 17.9 Å². The average Bonchev–Trinajstić information content (AvgIpc) is 2.41. The molecule has 114 valence electrons. The van der Waals surface area contributed by atoms with E-state index in [0.717, 1.165) is 51.6 Å². The SMILES string of the molecule is CC(=O)NC1CCN(C(=O)CC2CCC(N)CC2)CC1. The Morgan fingerprint density at radius 1 is 1.10 bits per heavy atom. The fourth-order valence-corrected chi connectivity index (χ4v) is 3.33. The third-order valence-corrected chi connectivity index (χ3v) is 4.61. The van der Waals surface area contributed by atoms with Crippen molar-refractivity contribution in [3.8, 4) is 0 Å². The van der Waals surface area contributed by atoms with Crippen LogP contribution in [0.2, 0.25) is 0 Å². The molecule has 2 rings (SSSR count). The summed E-state index contributed by atoms with van der Waals surface area (Å²) in [6.45, 7) is 3.09. The van der Waals surface area contributed by atoms with Gasteiger partial charge in [0.25, 0.3) is 0 Å². The van der Waals surface area contributed by atoms with Crippen molar-refractivity contribution in [3.05, 3.63) is 0 Å². The predicted molar refractivity (Wildman–Crippen MR) is 78.0 cm³/mol. The summed E-state index contributed by atoms with van der Waals surface area (Å²) in [4.78, 5) is 25.3. The third kappa shape index (κ3) is 4.47. The van der Waals surface area contributed by atoms with E-state index in [9.17, 15) is 9.59 Å². The smallest absolute Gasteiger partial charge is 0.222 e. The molecule has 0 atom stereocenters. The molecule has 0 aromatic rings. The van der Waals surface area contributed by atoms with Crippen molar-refractivity contribution in [2.45, 2.75) is 64.0 Å². The van der Waals surface area contributed by atoms with Crippen molar-refractivity contribution >= 4 is 11.8 Å². The second-order valence-corrected chi connectivity index (χ2v) is 6.34. The Kier molecular flexibility index (Phi) is 5.40. The van der Waals surface area contributed by atoms with Crippen molar-refractivity contribution in [1.29, 1.82) is 0 Å². The Hall–Kier alpha value is -1.10. The maximum Gasteiger partial charge on any atom is 0.222 e. The van der Waals surface area contributed by atoms with E-state index >= 15 is 0 Å². The van der Waals surface area contributed by atoms with E-state index in [1.165, 1.54) is 0 Å². The molecule has 0 bridgehead atoms. The molecule has 20 heavy (non-hydrogen) atoms. The van der Waals surface area contributed by atoms with Crippen molar-refractivity contribution in [1.82, 2.24) is 10.2 Å². The zero-order valence-corrected chi connectivity index (χ0v) is 12.4. The number of piperidine rings is 1. The Bertz CT molecular complexity index is 343. The Morgan fingerprint density at radius 2 is 1.70 bits per heavy atom. The van der Waals surface area contributed by atoms with Crippen LogP contribution in [0, 0.1) is 5.92 Å². The van der Waals surface area contributed by atoms with Gasteiger partial charge in [0.15, 0.2) is 0 Å². The average molecular weight is 281 g/mol. The molecule has 0 aromatic carbocycles. The highest BCUT2D eigenvalue weighted by atomic mass is 16.2. The first-order valence-corrected chi connectivity index (χ1v) is 7.85. The second-order valence-electron chi connectivity index (χ2n) is 6.34. The number of nitrogens with one attached hydrogen (secondary N) is 1. The van der Waals surface area contributed by atoms with Gasteiger partial charge in [0.2, 0.25) is 11.8 Å². The van der Waals surface area contributed by atoms with E-state index in [4.69, 9.17) is 5.73 Å². The summed E-state index contributed by atoms with van der Waals surface area (Å²) < 4.78 is 0. The van der Waals surface area contributed by atoms with Gasteiger partial charge in [-0.1, -0.05) is 0 Å². The monoisotopic (exact) mass is 281 g/mol. The Labute approximate surface area is 121 Å². The molecule has 0 aromatic heterocycles. The van der Waals surface area contributed by atoms with Gasteiger partial charge in [-0.3, -0.25) is 9.59 Å². The molecule has 0 unspecified atom stereocenters. The fourth-order valence-electron chi connectivity index (χ4n) is 3.33. The standard InChI is InChI=1S/C15H27N3O2/c1-11(19)17-14-6-8-18(9-7-14)15(20)10-12-2-4-13(16)5-3-12/h12-14H,2-10,16H2,1H3,(H,17,19). The van der Waals surface area contributed by atoms with Crippen LogP contribution < -0.4 is 11.1 Å². The molecule has 1 saturated carbocycles. The molecule has 1 saturated heterocycles. The Morgan fingerprint density at radius 3 is 2.25 bits per heavy atom. The highest BCUT2D eigenvalue weighted by molar-refractivity contribution is 5.76. The molecule has 5 nitrogen and oxygen atoms in total. The quantitative estimate of drug-likeness (QED) is 0.811. The van der Waals surface area contributed by atoms with Gasteiger partial charge in [0.1, 0.15) is 0 Å². The second kappa shape index (κ2) is 7.07. The molecule has 0 radical (unpaired) electrons. The van der Waals surface area contributed by atoms with Crippen LogP contribution in [0.3, 0.4) is 0 Å². The van der Waals surface area contributed by atoms with Crippen molar-refractivity contribution in [2.75, 3.05) is 13.1 Å². The first-order valence-electron chi connectivity index (χ1n) is 7.85. The molecule has 1 aliphatic carbocycles. The minimum absolute atomic E-state index is 0.0216. The molecule has 5 heteroatoms. The van der Waals surface area contributed by atoms with Gasteiger partial charge in [-0.15, -0.1) is 0 Å². The topological polar surface area (TPSA) is 75.4 Å². The zero-order chi connectivity index (χ0) is 14.5. The van der Waals surface area contributed by atoms with E-state index in [1.54, 1.807) is 6.92 Å². The van der Waals surface area contributed by atoms with E-state index in [2.05, 4.69) is 5.32 Å².